The lowest BCUT2D eigenvalue weighted by Gasteiger charge is -2.16. The van der Waals surface area contributed by atoms with Crippen molar-refractivity contribution in [1.29, 1.82) is 0 Å². The molecular formula is C15H16Br2N2O4. The van der Waals surface area contributed by atoms with E-state index in [0.29, 0.717) is 5.69 Å². The molecule has 1 heterocycles. The normalized spacial score (nSPS) is 14.5. The second-order valence-corrected chi connectivity index (χ2v) is 6.60. The number of anilines is 1. The fraction of sp³-hybridized carbons (Fsp3) is 0.333. The first-order valence-corrected chi connectivity index (χ1v) is 8.42. The van der Waals surface area contributed by atoms with Gasteiger partial charge >= 0.3 is 5.97 Å². The molecule has 2 N–H and O–H groups in total. The second-order valence-electron chi connectivity index (χ2n) is 4.95. The van der Waals surface area contributed by atoms with E-state index in [4.69, 9.17) is 9.84 Å². The van der Waals surface area contributed by atoms with E-state index in [0.717, 1.165) is 14.5 Å². The van der Waals surface area contributed by atoms with Crippen LogP contribution in [-0.2, 0) is 14.3 Å². The van der Waals surface area contributed by atoms with E-state index in [1.54, 1.807) is 6.07 Å². The van der Waals surface area contributed by atoms with Crippen LogP contribution in [0.5, 0.6) is 0 Å². The standard InChI is InChI=1S/C15H16Br2N2O4/c1-8-10(16)3-4-11(12(8)17)18-13-9(15(22)23-2)7-19(5-6-20)14(13)21/h3-4,18,20H,5-7H2,1-2H3. The summed E-state index contributed by atoms with van der Waals surface area (Å²) < 4.78 is 6.47. The molecular weight excluding hydrogens is 432 g/mol. The number of aliphatic hydroxyl groups is 1. The molecule has 1 amide bonds. The van der Waals surface area contributed by atoms with Crippen LogP contribution in [0.3, 0.4) is 0 Å². The van der Waals surface area contributed by atoms with Crippen LogP contribution in [0.4, 0.5) is 5.69 Å². The summed E-state index contributed by atoms with van der Waals surface area (Å²) in [6.45, 7) is 2.02. The van der Waals surface area contributed by atoms with Gasteiger partial charge in [-0.05, 0) is 40.5 Å². The van der Waals surface area contributed by atoms with Crippen LogP contribution in [0.25, 0.3) is 0 Å². The van der Waals surface area contributed by atoms with Gasteiger partial charge in [0, 0.05) is 15.5 Å². The topological polar surface area (TPSA) is 78.9 Å². The van der Waals surface area contributed by atoms with Gasteiger partial charge in [0.2, 0.25) is 0 Å². The molecule has 124 valence electrons. The van der Waals surface area contributed by atoms with Crippen molar-refractivity contribution >= 4 is 49.4 Å². The quantitative estimate of drug-likeness (QED) is 0.676. The zero-order chi connectivity index (χ0) is 17.1. The van der Waals surface area contributed by atoms with Crippen LogP contribution in [0.15, 0.2) is 32.3 Å². The van der Waals surface area contributed by atoms with Gasteiger partial charge in [0.15, 0.2) is 0 Å². The number of aliphatic hydroxyl groups excluding tert-OH is 1. The maximum absolute atomic E-state index is 12.5. The van der Waals surface area contributed by atoms with Crippen molar-refractivity contribution < 1.29 is 19.4 Å². The number of nitrogens with zero attached hydrogens (tertiary/aromatic N) is 1. The van der Waals surface area contributed by atoms with Crippen LogP contribution >= 0.6 is 31.9 Å². The van der Waals surface area contributed by atoms with E-state index in [2.05, 4.69) is 37.2 Å². The highest BCUT2D eigenvalue weighted by molar-refractivity contribution is 9.11. The Balaban J connectivity index is 2.39. The molecule has 1 aromatic rings. The number of benzene rings is 1. The lowest BCUT2D eigenvalue weighted by molar-refractivity contribution is -0.136. The number of carbonyl (C=O) groups excluding carboxylic acids is 2. The van der Waals surface area contributed by atoms with Crippen molar-refractivity contribution in [3.05, 3.63) is 37.9 Å². The molecule has 0 unspecified atom stereocenters. The van der Waals surface area contributed by atoms with Gasteiger partial charge in [0.05, 0.1) is 31.5 Å². The summed E-state index contributed by atoms with van der Waals surface area (Å²) in [7, 11) is 1.27. The van der Waals surface area contributed by atoms with E-state index in [1.807, 2.05) is 13.0 Å². The van der Waals surface area contributed by atoms with Crippen molar-refractivity contribution in [2.75, 3.05) is 32.1 Å². The second kappa shape index (κ2) is 7.46. The molecule has 0 aromatic heterocycles. The minimum absolute atomic E-state index is 0.113. The van der Waals surface area contributed by atoms with Crippen molar-refractivity contribution in [2.45, 2.75) is 6.92 Å². The Kier molecular flexibility index (Phi) is 5.83. The van der Waals surface area contributed by atoms with Crippen molar-refractivity contribution in [3.8, 4) is 0 Å². The van der Waals surface area contributed by atoms with E-state index < -0.39 is 5.97 Å². The number of methoxy groups -OCH3 is 1. The van der Waals surface area contributed by atoms with E-state index in [-0.39, 0.29) is 36.9 Å². The number of hydrogen-bond acceptors (Lipinski definition) is 5. The number of nitrogens with one attached hydrogen (secondary N) is 1. The summed E-state index contributed by atoms with van der Waals surface area (Å²) in [5, 5.41) is 12.1. The fourth-order valence-corrected chi connectivity index (χ4v) is 3.28. The third kappa shape index (κ3) is 3.59. The number of hydrogen-bond donors (Lipinski definition) is 2. The molecule has 2 rings (SSSR count). The summed E-state index contributed by atoms with van der Waals surface area (Å²) in [4.78, 5) is 25.8. The van der Waals surface area contributed by atoms with Gasteiger partial charge in [-0.25, -0.2) is 4.79 Å². The Morgan fingerprint density at radius 3 is 2.74 bits per heavy atom. The molecule has 0 radical (unpaired) electrons. The monoisotopic (exact) mass is 446 g/mol. The Morgan fingerprint density at radius 2 is 2.13 bits per heavy atom. The fourth-order valence-electron chi connectivity index (χ4n) is 2.24. The molecule has 0 saturated heterocycles. The van der Waals surface area contributed by atoms with E-state index >= 15 is 0 Å². The average molecular weight is 448 g/mol. The molecule has 0 bridgehead atoms. The predicted molar refractivity (Wildman–Crippen MR) is 92.9 cm³/mol. The predicted octanol–water partition coefficient (Wildman–Crippen LogP) is 2.19. The van der Waals surface area contributed by atoms with Gasteiger partial charge in [-0.15, -0.1) is 0 Å². The molecule has 1 aliphatic rings. The Bertz CT molecular complexity index is 688. The Labute approximate surface area is 150 Å². The van der Waals surface area contributed by atoms with Gasteiger partial charge in [0.25, 0.3) is 5.91 Å². The van der Waals surface area contributed by atoms with Crippen molar-refractivity contribution in [1.82, 2.24) is 4.90 Å². The third-order valence-electron chi connectivity index (χ3n) is 3.53. The molecule has 6 nitrogen and oxygen atoms in total. The highest BCUT2D eigenvalue weighted by Crippen LogP contribution is 2.33. The molecule has 0 atom stereocenters. The van der Waals surface area contributed by atoms with Gasteiger partial charge in [-0.1, -0.05) is 15.9 Å². The molecule has 8 heteroatoms. The summed E-state index contributed by atoms with van der Waals surface area (Å²) >= 11 is 6.92. The smallest absolute Gasteiger partial charge is 0.337 e. The SMILES string of the molecule is COC(=O)C1=C(Nc2ccc(Br)c(C)c2Br)C(=O)N(CCO)C1. The molecule has 0 fully saturated rings. The van der Waals surface area contributed by atoms with E-state index in [9.17, 15) is 9.59 Å². The Morgan fingerprint density at radius 1 is 1.43 bits per heavy atom. The molecule has 1 aromatic carbocycles. The summed E-state index contributed by atoms with van der Waals surface area (Å²) in [6.07, 6.45) is 0. The molecule has 1 aliphatic heterocycles. The zero-order valence-corrected chi connectivity index (χ0v) is 15.8. The maximum Gasteiger partial charge on any atom is 0.337 e. The first-order valence-electron chi connectivity index (χ1n) is 6.84. The third-order valence-corrected chi connectivity index (χ3v) is 5.41. The number of amides is 1. The molecule has 23 heavy (non-hydrogen) atoms. The van der Waals surface area contributed by atoms with Gasteiger partial charge < -0.3 is 20.1 Å². The lowest BCUT2D eigenvalue weighted by Crippen LogP contribution is -2.31. The Hall–Kier alpha value is -1.38. The van der Waals surface area contributed by atoms with Crippen LogP contribution in [-0.4, -0.2) is 48.7 Å². The lowest BCUT2D eigenvalue weighted by atomic mass is 10.2. The summed E-state index contributed by atoms with van der Waals surface area (Å²) in [5.41, 5.74) is 2.06. The largest absolute Gasteiger partial charge is 0.466 e. The minimum Gasteiger partial charge on any atom is -0.466 e. The van der Waals surface area contributed by atoms with Gasteiger partial charge in [-0.2, -0.15) is 0 Å². The van der Waals surface area contributed by atoms with Crippen LogP contribution in [0.1, 0.15) is 5.56 Å². The number of rotatable bonds is 5. The maximum atomic E-state index is 12.5. The van der Waals surface area contributed by atoms with Crippen LogP contribution in [0, 0.1) is 6.92 Å². The van der Waals surface area contributed by atoms with E-state index in [1.165, 1.54) is 12.0 Å². The minimum atomic E-state index is -0.564. The van der Waals surface area contributed by atoms with Gasteiger partial charge in [-0.3, -0.25) is 4.79 Å². The number of esters is 1. The zero-order valence-electron chi connectivity index (χ0n) is 12.7. The number of halogens is 2. The molecule has 0 aliphatic carbocycles. The van der Waals surface area contributed by atoms with Crippen LogP contribution in [0.2, 0.25) is 0 Å². The summed E-state index contributed by atoms with van der Waals surface area (Å²) in [5.74, 6) is -0.904. The highest BCUT2D eigenvalue weighted by Gasteiger charge is 2.34. The molecule has 0 spiro atoms. The number of β-amino-alcohol motifs (C(OH)–C–C–N with tert-alkyl or cyclic N) is 1. The van der Waals surface area contributed by atoms with Gasteiger partial charge in [0.1, 0.15) is 5.70 Å². The first kappa shape index (κ1) is 18.0. The number of carbonyl (C=O) groups is 2. The first-order chi connectivity index (χ1) is 10.9. The average Bonchev–Trinajstić information content (AvgIpc) is 2.84. The van der Waals surface area contributed by atoms with Crippen molar-refractivity contribution in [2.24, 2.45) is 0 Å². The van der Waals surface area contributed by atoms with Crippen molar-refractivity contribution in [3.63, 3.8) is 0 Å². The summed E-state index contributed by atoms with van der Waals surface area (Å²) in [6, 6.07) is 3.65. The van der Waals surface area contributed by atoms with Crippen LogP contribution < -0.4 is 5.32 Å². The highest BCUT2D eigenvalue weighted by atomic mass is 79.9. The number of ether oxygens (including phenoxy) is 1. The molecule has 0 saturated carbocycles.